The van der Waals surface area contributed by atoms with Crippen LogP contribution in [-0.4, -0.2) is 58.9 Å². The molecule has 0 spiro atoms. The van der Waals surface area contributed by atoms with Crippen molar-refractivity contribution in [3.8, 4) is 22.8 Å². The molecule has 0 bridgehead atoms. The molecule has 1 fully saturated rings. The van der Waals surface area contributed by atoms with E-state index >= 15 is 0 Å². The minimum atomic E-state index is 0.550. The van der Waals surface area contributed by atoms with Crippen molar-refractivity contribution in [3.63, 3.8) is 0 Å². The van der Waals surface area contributed by atoms with Gasteiger partial charge in [-0.25, -0.2) is 9.97 Å². The highest BCUT2D eigenvalue weighted by Crippen LogP contribution is 2.35. The lowest BCUT2D eigenvalue weighted by molar-refractivity contribution is 0.157. The van der Waals surface area contributed by atoms with Crippen molar-refractivity contribution in [2.24, 2.45) is 5.92 Å². The molecule has 8 nitrogen and oxygen atoms in total. The third-order valence-corrected chi connectivity index (χ3v) is 6.46. The van der Waals surface area contributed by atoms with E-state index < -0.39 is 0 Å². The van der Waals surface area contributed by atoms with Crippen LogP contribution in [0.1, 0.15) is 12.8 Å². The van der Waals surface area contributed by atoms with E-state index in [9.17, 15) is 0 Å². The van der Waals surface area contributed by atoms with Gasteiger partial charge in [0.2, 0.25) is 0 Å². The van der Waals surface area contributed by atoms with Gasteiger partial charge in [0.05, 0.1) is 24.9 Å². The van der Waals surface area contributed by atoms with Crippen LogP contribution in [0.4, 0.5) is 11.6 Å². The third-order valence-electron chi connectivity index (χ3n) is 6.21. The molecule has 2 aromatic heterocycles. The van der Waals surface area contributed by atoms with E-state index in [-0.39, 0.29) is 0 Å². The van der Waals surface area contributed by atoms with E-state index in [0.29, 0.717) is 40.7 Å². The van der Waals surface area contributed by atoms with Gasteiger partial charge in [-0.3, -0.25) is 5.10 Å². The topological polar surface area (TPSA) is 88.2 Å². The quantitative estimate of drug-likeness (QED) is 0.380. The molecule has 4 aromatic rings. The number of H-pyrrole nitrogens is 1. The minimum absolute atomic E-state index is 0.550. The maximum atomic E-state index is 6.18. The second kappa shape index (κ2) is 9.87. The molecule has 1 aliphatic heterocycles. The number of hydrogen-bond acceptors (Lipinski definition) is 7. The first-order chi connectivity index (χ1) is 16.6. The van der Waals surface area contributed by atoms with Gasteiger partial charge < -0.3 is 19.7 Å². The number of aromatic nitrogens is 4. The van der Waals surface area contributed by atoms with Gasteiger partial charge in [-0.2, -0.15) is 5.10 Å². The number of fused-ring (bicyclic) bond motifs is 1. The second-order valence-corrected chi connectivity index (χ2v) is 9.04. The number of likely N-dealkylation sites (tertiary alicyclic amines) is 1. The van der Waals surface area contributed by atoms with Gasteiger partial charge in [0.15, 0.2) is 17.3 Å². The average Bonchev–Trinajstić information content (AvgIpc) is 3.32. The Kier molecular flexibility index (Phi) is 6.51. The van der Waals surface area contributed by atoms with Crippen LogP contribution in [-0.2, 0) is 0 Å². The maximum absolute atomic E-state index is 6.18. The summed E-state index contributed by atoms with van der Waals surface area (Å²) < 4.78 is 11.8. The molecular formula is C25H27ClN6O2. The summed E-state index contributed by atoms with van der Waals surface area (Å²) in [7, 11) is 3.81. The zero-order chi connectivity index (χ0) is 23.5. The fourth-order valence-electron chi connectivity index (χ4n) is 4.16. The summed E-state index contributed by atoms with van der Waals surface area (Å²) >= 11 is 5.99. The summed E-state index contributed by atoms with van der Waals surface area (Å²) in [6, 6.07) is 13.3. The van der Waals surface area contributed by atoms with Crippen LogP contribution in [0.2, 0.25) is 5.02 Å². The van der Waals surface area contributed by atoms with Crippen LogP contribution >= 0.6 is 11.6 Å². The molecule has 0 amide bonds. The van der Waals surface area contributed by atoms with E-state index in [2.05, 4.69) is 37.4 Å². The van der Waals surface area contributed by atoms with Crippen molar-refractivity contribution < 1.29 is 9.47 Å². The molecule has 9 heteroatoms. The number of benzene rings is 2. The van der Waals surface area contributed by atoms with Crippen LogP contribution in [0.25, 0.3) is 22.2 Å². The van der Waals surface area contributed by atoms with E-state index in [4.69, 9.17) is 21.1 Å². The van der Waals surface area contributed by atoms with E-state index in [1.165, 1.54) is 6.33 Å². The summed E-state index contributed by atoms with van der Waals surface area (Å²) in [4.78, 5) is 11.2. The first kappa shape index (κ1) is 22.4. The van der Waals surface area contributed by atoms with Gasteiger partial charge in [-0.15, -0.1) is 0 Å². The lowest BCUT2D eigenvalue weighted by Gasteiger charge is -2.28. The molecule has 0 atom stereocenters. The van der Waals surface area contributed by atoms with Crippen molar-refractivity contribution in [1.82, 2.24) is 25.1 Å². The van der Waals surface area contributed by atoms with Crippen molar-refractivity contribution in [3.05, 3.63) is 53.8 Å². The Hall–Kier alpha value is -3.36. The van der Waals surface area contributed by atoms with Gasteiger partial charge in [-0.05, 0) is 62.7 Å². The summed E-state index contributed by atoms with van der Waals surface area (Å²) in [6.45, 7) is 2.89. The van der Waals surface area contributed by atoms with Crippen LogP contribution in [0.3, 0.4) is 0 Å². The number of aromatic amines is 1. The predicted octanol–water partition coefficient (Wildman–Crippen LogP) is 5.15. The molecule has 0 saturated carbocycles. The molecule has 3 heterocycles. The number of nitrogens with zero attached hydrogens (tertiary/aromatic N) is 4. The standard InChI is InChI=1S/C25H27ClN6O2/c1-32-9-7-16(8-10-32)14-34-23-12-21-19(11-22(23)33-2)25(28-15-27-21)29-24-13-20(30-31-24)17-3-5-18(26)6-4-17/h3-6,11-13,15-16H,7-10,14H2,1-2H3,(H2,27,28,29,30,31). The molecule has 176 valence electrons. The zero-order valence-corrected chi connectivity index (χ0v) is 20.0. The monoisotopic (exact) mass is 478 g/mol. The Morgan fingerprint density at radius 1 is 1.09 bits per heavy atom. The van der Waals surface area contributed by atoms with Crippen molar-refractivity contribution in [2.45, 2.75) is 12.8 Å². The summed E-state index contributed by atoms with van der Waals surface area (Å²) in [5.41, 5.74) is 2.63. The highest BCUT2D eigenvalue weighted by atomic mass is 35.5. The zero-order valence-electron chi connectivity index (χ0n) is 19.2. The van der Waals surface area contributed by atoms with Crippen molar-refractivity contribution >= 4 is 34.1 Å². The summed E-state index contributed by atoms with van der Waals surface area (Å²) in [5, 5.41) is 12.2. The Morgan fingerprint density at radius 2 is 1.88 bits per heavy atom. The fraction of sp³-hybridized carbons (Fsp3) is 0.320. The van der Waals surface area contributed by atoms with Gasteiger partial charge in [0.25, 0.3) is 0 Å². The number of nitrogens with one attached hydrogen (secondary N) is 2. The van der Waals surface area contributed by atoms with Gasteiger partial charge >= 0.3 is 0 Å². The maximum Gasteiger partial charge on any atom is 0.163 e. The largest absolute Gasteiger partial charge is 0.493 e. The van der Waals surface area contributed by atoms with Crippen molar-refractivity contribution in [2.75, 3.05) is 39.2 Å². The number of hydrogen-bond donors (Lipinski definition) is 2. The number of rotatable bonds is 7. The summed E-state index contributed by atoms with van der Waals surface area (Å²) in [6.07, 6.45) is 3.82. The third kappa shape index (κ3) is 4.93. The van der Waals surface area contributed by atoms with Crippen LogP contribution in [0, 0.1) is 5.92 Å². The average molecular weight is 479 g/mol. The number of anilines is 2. The highest BCUT2D eigenvalue weighted by molar-refractivity contribution is 6.30. The molecule has 0 aliphatic carbocycles. The molecule has 2 N–H and O–H groups in total. The number of piperidine rings is 1. The molecule has 0 unspecified atom stereocenters. The number of ether oxygens (including phenoxy) is 2. The Bertz CT molecular complexity index is 1270. The molecule has 0 radical (unpaired) electrons. The van der Waals surface area contributed by atoms with E-state index in [0.717, 1.165) is 48.1 Å². The fourth-order valence-corrected chi connectivity index (χ4v) is 4.28. The smallest absolute Gasteiger partial charge is 0.163 e. The molecular weight excluding hydrogens is 452 g/mol. The molecule has 5 rings (SSSR count). The van der Waals surface area contributed by atoms with Gasteiger partial charge in [0, 0.05) is 22.5 Å². The SMILES string of the molecule is COc1cc2c(Nc3cc(-c4ccc(Cl)cc4)[nH]n3)ncnc2cc1OCC1CCN(C)CC1. The molecule has 2 aromatic carbocycles. The van der Waals surface area contributed by atoms with Crippen LogP contribution in [0.5, 0.6) is 11.5 Å². The highest BCUT2D eigenvalue weighted by Gasteiger charge is 2.19. The Labute approximate surface area is 203 Å². The van der Waals surface area contributed by atoms with Gasteiger partial charge in [-0.1, -0.05) is 23.7 Å². The van der Waals surface area contributed by atoms with Crippen LogP contribution in [0.15, 0.2) is 48.8 Å². The first-order valence-corrected chi connectivity index (χ1v) is 11.7. The number of methoxy groups -OCH3 is 1. The lowest BCUT2D eigenvalue weighted by Crippen LogP contribution is -2.32. The first-order valence-electron chi connectivity index (χ1n) is 11.3. The molecule has 1 saturated heterocycles. The van der Waals surface area contributed by atoms with E-state index in [1.807, 2.05) is 42.5 Å². The minimum Gasteiger partial charge on any atom is -0.493 e. The van der Waals surface area contributed by atoms with Gasteiger partial charge in [0.1, 0.15) is 12.1 Å². The molecule has 1 aliphatic rings. The predicted molar refractivity (Wildman–Crippen MR) is 134 cm³/mol. The summed E-state index contributed by atoms with van der Waals surface area (Å²) in [5.74, 6) is 3.19. The normalized spacial score (nSPS) is 14.9. The van der Waals surface area contributed by atoms with Crippen LogP contribution < -0.4 is 14.8 Å². The van der Waals surface area contributed by atoms with Crippen molar-refractivity contribution in [1.29, 1.82) is 0 Å². The Morgan fingerprint density at radius 3 is 2.65 bits per heavy atom. The Balaban J connectivity index is 1.36. The second-order valence-electron chi connectivity index (χ2n) is 8.60. The molecule has 34 heavy (non-hydrogen) atoms. The lowest BCUT2D eigenvalue weighted by atomic mass is 9.98. The van der Waals surface area contributed by atoms with E-state index in [1.54, 1.807) is 7.11 Å². The number of halogens is 1.